The first-order chi connectivity index (χ1) is 23.4. The molecule has 0 radical (unpaired) electrons. The van der Waals surface area contributed by atoms with E-state index >= 15 is 0 Å². The van der Waals surface area contributed by atoms with Crippen LogP contribution in [0.2, 0.25) is 0 Å². The smallest absolute Gasteiger partial charge is 0.304 e. The summed E-state index contributed by atoms with van der Waals surface area (Å²) >= 11 is 0. The number of H-pyrrole nitrogens is 1. The summed E-state index contributed by atoms with van der Waals surface area (Å²) in [7, 11) is 3.30. The summed E-state index contributed by atoms with van der Waals surface area (Å²) in [5.41, 5.74) is 0.463. The molecule has 2 aromatic heterocycles. The Hall–Kier alpha value is -5.19. The van der Waals surface area contributed by atoms with Gasteiger partial charge in [0, 0.05) is 13.1 Å². The van der Waals surface area contributed by atoms with Gasteiger partial charge in [-0.05, 0) is 80.9 Å². The van der Waals surface area contributed by atoms with Crippen LogP contribution in [0.1, 0.15) is 57.1 Å². The third kappa shape index (κ3) is 7.16. The number of aromatic nitrogens is 4. The van der Waals surface area contributed by atoms with E-state index in [9.17, 15) is 15.0 Å². The Bertz CT molecular complexity index is 2040. The first kappa shape index (κ1) is 35.1. The molecule has 0 aliphatic carbocycles. The largest absolute Gasteiger partial charge is 0.497 e. The Morgan fingerprint density at radius 2 is 1.31 bits per heavy atom. The standard InChI is InChI=1S/C21H24N2O4.C18H20N2O2/c1-14(2)21(25,20-11-23(12-22-20)13-27-15(3)24)18-7-5-17-10-19(26-4)8-6-16(17)9-18;1-12(2)18(21,17-10-19-11-20-17)15-6-4-14-9-16(22-3)7-5-13(14)8-15/h5-12,14,25H,13H2,1-4H3;4-12,21H,1-3H3,(H,19,20). The molecule has 256 valence electrons. The van der Waals surface area contributed by atoms with Gasteiger partial charge >= 0.3 is 5.97 Å². The van der Waals surface area contributed by atoms with Gasteiger partial charge in [0.2, 0.25) is 0 Å². The second kappa shape index (κ2) is 14.5. The van der Waals surface area contributed by atoms with E-state index in [1.165, 1.54) is 6.92 Å². The van der Waals surface area contributed by atoms with Crippen LogP contribution in [0.15, 0.2) is 97.8 Å². The van der Waals surface area contributed by atoms with Gasteiger partial charge < -0.3 is 34.0 Å². The minimum atomic E-state index is -1.27. The van der Waals surface area contributed by atoms with Gasteiger partial charge in [0.15, 0.2) is 6.73 Å². The van der Waals surface area contributed by atoms with Crippen molar-refractivity contribution in [2.75, 3.05) is 14.2 Å². The van der Waals surface area contributed by atoms with Crippen LogP contribution in [-0.2, 0) is 27.5 Å². The molecule has 0 fully saturated rings. The number of ether oxygens (including phenoxy) is 3. The topological polar surface area (TPSA) is 132 Å². The quantitative estimate of drug-likeness (QED) is 0.135. The van der Waals surface area contributed by atoms with E-state index in [0.29, 0.717) is 11.4 Å². The lowest BCUT2D eigenvalue weighted by Crippen LogP contribution is -2.34. The molecular formula is C39H44N4O6. The third-order valence-electron chi connectivity index (χ3n) is 9.00. The van der Waals surface area contributed by atoms with E-state index in [0.717, 1.165) is 44.2 Å². The third-order valence-corrected chi connectivity index (χ3v) is 9.00. The first-order valence-corrected chi connectivity index (χ1v) is 16.2. The number of benzene rings is 4. The van der Waals surface area contributed by atoms with Gasteiger partial charge in [-0.1, -0.05) is 64.1 Å². The van der Waals surface area contributed by atoms with Crippen molar-refractivity contribution in [3.8, 4) is 11.5 Å². The highest BCUT2D eigenvalue weighted by Gasteiger charge is 2.38. The minimum Gasteiger partial charge on any atom is -0.497 e. The van der Waals surface area contributed by atoms with Crippen LogP contribution in [0.25, 0.3) is 21.5 Å². The predicted octanol–water partition coefficient (Wildman–Crippen LogP) is 6.92. The number of imidazole rings is 2. The molecule has 2 unspecified atom stereocenters. The van der Waals surface area contributed by atoms with Crippen LogP contribution in [0, 0.1) is 11.8 Å². The van der Waals surface area contributed by atoms with Gasteiger partial charge in [-0.25, -0.2) is 9.97 Å². The monoisotopic (exact) mass is 664 g/mol. The van der Waals surface area contributed by atoms with Gasteiger partial charge in [-0.3, -0.25) is 4.79 Å². The summed E-state index contributed by atoms with van der Waals surface area (Å²) in [4.78, 5) is 22.5. The second-order valence-corrected chi connectivity index (χ2v) is 12.7. The summed E-state index contributed by atoms with van der Waals surface area (Å²) in [6.07, 6.45) is 6.53. The zero-order chi connectivity index (χ0) is 35.3. The molecule has 49 heavy (non-hydrogen) atoms. The number of hydrogen-bond acceptors (Lipinski definition) is 8. The maximum atomic E-state index is 11.6. The normalized spacial score (nSPS) is 13.9. The van der Waals surface area contributed by atoms with Crippen molar-refractivity contribution in [2.45, 2.75) is 52.6 Å². The number of hydrogen-bond donors (Lipinski definition) is 3. The van der Waals surface area contributed by atoms with Gasteiger partial charge in [-0.15, -0.1) is 0 Å². The second-order valence-electron chi connectivity index (χ2n) is 12.7. The van der Waals surface area contributed by atoms with Crippen LogP contribution in [0.4, 0.5) is 0 Å². The minimum absolute atomic E-state index is 0.00338. The average molecular weight is 665 g/mol. The van der Waals surface area contributed by atoms with Crippen molar-refractivity contribution in [3.05, 3.63) is 120 Å². The summed E-state index contributed by atoms with van der Waals surface area (Å²) in [6.45, 7) is 9.31. The zero-order valence-electron chi connectivity index (χ0n) is 29.0. The van der Waals surface area contributed by atoms with Crippen LogP contribution in [0.3, 0.4) is 0 Å². The van der Waals surface area contributed by atoms with Crippen LogP contribution < -0.4 is 9.47 Å². The lowest BCUT2D eigenvalue weighted by atomic mass is 9.80. The Morgan fingerprint density at radius 3 is 1.78 bits per heavy atom. The fourth-order valence-electron chi connectivity index (χ4n) is 6.01. The maximum Gasteiger partial charge on any atom is 0.304 e. The van der Waals surface area contributed by atoms with E-state index in [4.69, 9.17) is 14.2 Å². The Labute approximate surface area is 286 Å². The molecule has 0 aliphatic rings. The Kier molecular flexibility index (Phi) is 10.4. The number of methoxy groups -OCH3 is 2. The van der Waals surface area contributed by atoms with Crippen LogP contribution in [0.5, 0.6) is 11.5 Å². The molecule has 2 atom stereocenters. The summed E-state index contributed by atoms with van der Waals surface area (Å²) in [5.74, 6) is 1.13. The first-order valence-electron chi connectivity index (χ1n) is 16.2. The van der Waals surface area contributed by atoms with E-state index < -0.39 is 11.2 Å². The Morgan fingerprint density at radius 1 is 0.796 bits per heavy atom. The molecule has 3 N–H and O–H groups in total. The molecule has 0 aliphatic heterocycles. The number of carbonyl (C=O) groups excluding carboxylic acids is 1. The van der Waals surface area contributed by atoms with E-state index in [-0.39, 0.29) is 24.5 Å². The molecule has 0 saturated heterocycles. The molecule has 6 aromatic rings. The number of nitrogens with zero attached hydrogens (tertiary/aromatic N) is 3. The number of carbonyl (C=O) groups is 1. The highest BCUT2D eigenvalue weighted by Crippen LogP contribution is 2.38. The summed E-state index contributed by atoms with van der Waals surface area (Å²) < 4.78 is 17.2. The predicted molar refractivity (Wildman–Crippen MR) is 189 cm³/mol. The van der Waals surface area contributed by atoms with Crippen molar-refractivity contribution in [3.63, 3.8) is 0 Å². The molecule has 0 saturated carbocycles. The van der Waals surface area contributed by atoms with E-state index in [1.807, 2.05) is 100 Å². The molecule has 2 heterocycles. The van der Waals surface area contributed by atoms with Crippen LogP contribution >= 0.6 is 0 Å². The summed E-state index contributed by atoms with van der Waals surface area (Å²) in [6, 6.07) is 23.6. The van der Waals surface area contributed by atoms with Gasteiger partial charge in [0.25, 0.3) is 0 Å². The lowest BCUT2D eigenvalue weighted by molar-refractivity contribution is -0.144. The number of aliphatic hydroxyl groups is 2. The molecule has 10 heteroatoms. The van der Waals surface area contributed by atoms with Crippen LogP contribution in [-0.4, -0.2) is 49.9 Å². The molecule has 0 amide bonds. The maximum absolute atomic E-state index is 11.6. The van der Waals surface area contributed by atoms with Gasteiger partial charge in [-0.2, -0.15) is 0 Å². The van der Waals surface area contributed by atoms with E-state index in [1.54, 1.807) is 43.8 Å². The number of rotatable bonds is 10. The van der Waals surface area contributed by atoms with Gasteiger partial charge in [0.1, 0.15) is 22.7 Å². The van der Waals surface area contributed by atoms with Crippen molar-refractivity contribution >= 4 is 27.5 Å². The van der Waals surface area contributed by atoms with E-state index in [2.05, 4.69) is 15.0 Å². The summed E-state index contributed by atoms with van der Waals surface area (Å²) in [5, 5.41) is 27.0. The van der Waals surface area contributed by atoms with Crippen molar-refractivity contribution in [2.24, 2.45) is 11.8 Å². The highest BCUT2D eigenvalue weighted by molar-refractivity contribution is 5.85. The van der Waals surface area contributed by atoms with Crippen molar-refractivity contribution in [1.82, 2.24) is 19.5 Å². The fraction of sp³-hybridized carbons (Fsp3) is 0.308. The number of esters is 1. The van der Waals surface area contributed by atoms with Crippen molar-refractivity contribution in [1.29, 1.82) is 0 Å². The number of aromatic amines is 1. The van der Waals surface area contributed by atoms with Gasteiger partial charge in [0.05, 0.1) is 44.5 Å². The molecule has 0 bridgehead atoms. The fourth-order valence-corrected chi connectivity index (χ4v) is 6.01. The molecule has 6 rings (SSSR count). The molecule has 4 aromatic carbocycles. The Balaban J connectivity index is 0.000000195. The SMILES string of the molecule is COc1ccc2cc(C(O)(c3cn(COC(C)=O)cn3)C(C)C)ccc2c1.COc1ccc2cc(C(O)(c3cnc[nH]3)C(C)C)ccc2c1. The molecule has 0 spiro atoms. The lowest BCUT2D eigenvalue weighted by Gasteiger charge is -2.32. The zero-order valence-corrected chi connectivity index (χ0v) is 29.0. The average Bonchev–Trinajstić information content (AvgIpc) is 3.83. The number of nitrogens with one attached hydrogen (secondary N) is 1. The number of fused-ring (bicyclic) bond motifs is 2. The highest BCUT2D eigenvalue weighted by atomic mass is 16.5. The van der Waals surface area contributed by atoms with Crippen molar-refractivity contribution < 1.29 is 29.2 Å². The molecule has 10 nitrogen and oxygen atoms in total. The molecular weight excluding hydrogens is 620 g/mol.